The minimum absolute atomic E-state index is 0. The van der Waals surface area contributed by atoms with Crippen LogP contribution in [0.15, 0.2) is 36.7 Å². The van der Waals surface area contributed by atoms with Gasteiger partial charge in [0.05, 0.1) is 12.8 Å². The number of phenols is 1. The molecule has 1 aliphatic heterocycles. The summed E-state index contributed by atoms with van der Waals surface area (Å²) >= 11 is 0. The van der Waals surface area contributed by atoms with Gasteiger partial charge in [-0.3, -0.25) is 4.98 Å². The smallest absolute Gasteiger partial charge is 0.123 e. The van der Waals surface area contributed by atoms with Crippen LogP contribution in [-0.4, -0.2) is 28.8 Å². The summed E-state index contributed by atoms with van der Waals surface area (Å²) in [4.78, 5) is 4.00. The molecule has 3 rings (SSSR count). The fourth-order valence-electron chi connectivity index (χ4n) is 2.52. The molecule has 6 heteroatoms. The van der Waals surface area contributed by atoms with Gasteiger partial charge in [-0.2, -0.15) is 0 Å². The number of ether oxygens (including phenoxy) is 1. The second-order valence-corrected chi connectivity index (χ2v) is 4.76. The number of aromatic hydroxyl groups is 1. The molecule has 1 aliphatic rings. The number of rotatable bonds is 3. The Labute approximate surface area is 130 Å². The van der Waals surface area contributed by atoms with Crippen LogP contribution in [0.3, 0.4) is 0 Å². The molecule has 0 fully saturated rings. The number of fused-ring (bicyclic) bond motifs is 1. The fourth-order valence-corrected chi connectivity index (χ4v) is 2.52. The van der Waals surface area contributed by atoms with Crippen molar-refractivity contribution in [1.29, 1.82) is 0 Å². The van der Waals surface area contributed by atoms with Crippen LogP contribution in [0, 0.1) is 0 Å². The van der Waals surface area contributed by atoms with Gasteiger partial charge < -0.3 is 15.3 Å². The number of nitrogens with zero attached hydrogens (tertiary/aromatic N) is 2. The van der Waals surface area contributed by atoms with Crippen molar-refractivity contribution in [3.05, 3.63) is 47.8 Å². The summed E-state index contributed by atoms with van der Waals surface area (Å²) in [6, 6.07) is 7.36. The van der Waals surface area contributed by atoms with Gasteiger partial charge in [-0.05, 0) is 30.7 Å². The molecular weight excluding hydrogens is 290 g/mol. The highest BCUT2D eigenvalue weighted by molar-refractivity contribution is 5.85. The Hall–Kier alpha value is -1.98. The molecule has 21 heavy (non-hydrogen) atoms. The van der Waals surface area contributed by atoms with E-state index in [4.69, 9.17) is 4.74 Å². The van der Waals surface area contributed by atoms with Gasteiger partial charge in [0.25, 0.3) is 0 Å². The summed E-state index contributed by atoms with van der Waals surface area (Å²) in [5, 5.41) is 12.1. The minimum Gasteiger partial charge on any atom is -0.508 e. The predicted octanol–water partition coefficient (Wildman–Crippen LogP) is 2.60. The van der Waals surface area contributed by atoms with Gasteiger partial charge in [-0.1, -0.05) is 0 Å². The SMILES string of the molecule is COc1ccc(O)c2c1CN(Nc1ccncc1)CC2.Cl. The standard InChI is InChI=1S/C15H17N3O2.ClH/c1-20-15-3-2-14(19)12-6-9-18(10-13(12)15)17-11-4-7-16-8-5-11;/h2-5,7-8,19H,6,9-10H2,1H3,(H,16,17);1H. The van der Waals surface area contributed by atoms with Crippen molar-refractivity contribution in [2.24, 2.45) is 0 Å². The van der Waals surface area contributed by atoms with E-state index in [0.717, 1.165) is 35.5 Å². The second-order valence-electron chi connectivity index (χ2n) is 4.76. The van der Waals surface area contributed by atoms with Gasteiger partial charge in [-0.15, -0.1) is 12.4 Å². The third-order valence-electron chi connectivity index (χ3n) is 3.53. The van der Waals surface area contributed by atoms with Crippen LogP contribution in [0.2, 0.25) is 0 Å². The summed E-state index contributed by atoms with van der Waals surface area (Å²) in [6.07, 6.45) is 4.30. The van der Waals surface area contributed by atoms with E-state index in [2.05, 4.69) is 15.4 Å². The van der Waals surface area contributed by atoms with Gasteiger partial charge in [0.1, 0.15) is 11.5 Å². The van der Waals surface area contributed by atoms with E-state index < -0.39 is 0 Å². The van der Waals surface area contributed by atoms with Crippen LogP contribution in [-0.2, 0) is 13.0 Å². The highest BCUT2D eigenvalue weighted by Gasteiger charge is 2.22. The van der Waals surface area contributed by atoms with Gasteiger partial charge >= 0.3 is 0 Å². The zero-order valence-electron chi connectivity index (χ0n) is 11.7. The van der Waals surface area contributed by atoms with E-state index in [1.807, 2.05) is 18.2 Å². The maximum Gasteiger partial charge on any atom is 0.123 e. The van der Waals surface area contributed by atoms with Gasteiger partial charge in [0.15, 0.2) is 0 Å². The van der Waals surface area contributed by atoms with Crippen molar-refractivity contribution in [2.75, 3.05) is 19.1 Å². The summed E-state index contributed by atoms with van der Waals surface area (Å²) in [7, 11) is 1.65. The van der Waals surface area contributed by atoms with Crippen LogP contribution >= 0.6 is 12.4 Å². The van der Waals surface area contributed by atoms with Crippen LogP contribution in [0.5, 0.6) is 11.5 Å². The number of hydrazine groups is 1. The zero-order valence-corrected chi connectivity index (χ0v) is 12.6. The molecule has 0 bridgehead atoms. The van der Waals surface area contributed by atoms with E-state index in [-0.39, 0.29) is 12.4 Å². The average Bonchev–Trinajstić information content (AvgIpc) is 2.49. The van der Waals surface area contributed by atoms with E-state index in [1.54, 1.807) is 25.6 Å². The molecule has 2 N–H and O–H groups in total. The number of methoxy groups -OCH3 is 1. The minimum atomic E-state index is 0. The van der Waals surface area contributed by atoms with Gasteiger partial charge in [-0.25, -0.2) is 5.01 Å². The predicted molar refractivity (Wildman–Crippen MR) is 83.9 cm³/mol. The fraction of sp³-hybridized carbons (Fsp3) is 0.267. The zero-order chi connectivity index (χ0) is 13.9. The second kappa shape index (κ2) is 6.65. The Kier molecular flexibility index (Phi) is 4.88. The number of aromatic nitrogens is 1. The topological polar surface area (TPSA) is 57.6 Å². The van der Waals surface area contributed by atoms with Crippen LogP contribution in [0.4, 0.5) is 5.69 Å². The maximum absolute atomic E-state index is 9.95. The molecule has 5 nitrogen and oxygen atoms in total. The first-order valence-electron chi connectivity index (χ1n) is 6.57. The Morgan fingerprint density at radius 3 is 2.67 bits per heavy atom. The lowest BCUT2D eigenvalue weighted by Crippen LogP contribution is -2.35. The molecule has 1 aromatic carbocycles. The van der Waals surface area contributed by atoms with E-state index in [1.165, 1.54) is 0 Å². The summed E-state index contributed by atoms with van der Waals surface area (Å²) in [5.41, 5.74) is 6.38. The van der Waals surface area contributed by atoms with Crippen molar-refractivity contribution >= 4 is 18.1 Å². The molecule has 0 unspecified atom stereocenters. The summed E-state index contributed by atoms with van der Waals surface area (Å²) in [6.45, 7) is 1.52. The van der Waals surface area contributed by atoms with Crippen molar-refractivity contribution in [1.82, 2.24) is 9.99 Å². The lowest BCUT2D eigenvalue weighted by atomic mass is 9.98. The molecule has 112 valence electrons. The molecule has 2 heterocycles. The maximum atomic E-state index is 9.95. The number of benzene rings is 1. The number of phenolic OH excluding ortho intramolecular Hbond substituents is 1. The first-order valence-corrected chi connectivity index (χ1v) is 6.57. The molecule has 0 saturated heterocycles. The Bertz CT molecular complexity index is 607. The summed E-state index contributed by atoms with van der Waals surface area (Å²) in [5.74, 6) is 1.17. The van der Waals surface area contributed by atoms with Crippen molar-refractivity contribution in [3.8, 4) is 11.5 Å². The van der Waals surface area contributed by atoms with Crippen LogP contribution in [0.1, 0.15) is 11.1 Å². The van der Waals surface area contributed by atoms with Crippen LogP contribution < -0.4 is 10.2 Å². The Morgan fingerprint density at radius 2 is 1.95 bits per heavy atom. The number of anilines is 1. The number of halogens is 1. The average molecular weight is 308 g/mol. The molecule has 0 amide bonds. The number of pyridine rings is 1. The first kappa shape index (κ1) is 15.4. The van der Waals surface area contributed by atoms with Gasteiger partial charge in [0, 0.05) is 36.6 Å². The molecular formula is C15H18ClN3O2. The number of hydrogen-bond donors (Lipinski definition) is 2. The highest BCUT2D eigenvalue weighted by atomic mass is 35.5. The van der Waals surface area contributed by atoms with E-state index >= 15 is 0 Å². The van der Waals surface area contributed by atoms with Gasteiger partial charge in [0.2, 0.25) is 0 Å². The Morgan fingerprint density at radius 1 is 1.19 bits per heavy atom. The molecule has 0 saturated carbocycles. The van der Waals surface area contributed by atoms with Crippen molar-refractivity contribution < 1.29 is 9.84 Å². The van der Waals surface area contributed by atoms with E-state index in [9.17, 15) is 5.11 Å². The van der Waals surface area contributed by atoms with Crippen molar-refractivity contribution in [3.63, 3.8) is 0 Å². The molecule has 1 aromatic heterocycles. The van der Waals surface area contributed by atoms with E-state index in [0.29, 0.717) is 12.3 Å². The molecule has 2 aromatic rings. The third kappa shape index (κ3) is 3.20. The first-order chi connectivity index (χ1) is 9.78. The van der Waals surface area contributed by atoms with Crippen LogP contribution in [0.25, 0.3) is 0 Å². The third-order valence-corrected chi connectivity index (χ3v) is 3.53. The molecule has 0 atom stereocenters. The monoisotopic (exact) mass is 307 g/mol. The number of nitrogens with one attached hydrogen (secondary N) is 1. The molecule has 0 aliphatic carbocycles. The largest absolute Gasteiger partial charge is 0.508 e. The molecule has 0 radical (unpaired) electrons. The Balaban J connectivity index is 0.00000161. The normalized spacial score (nSPS) is 14.0. The lowest BCUT2D eigenvalue weighted by Gasteiger charge is -2.31. The summed E-state index contributed by atoms with van der Waals surface area (Å²) < 4.78 is 5.39. The highest BCUT2D eigenvalue weighted by Crippen LogP contribution is 2.34. The quantitative estimate of drug-likeness (QED) is 0.913. The number of hydrogen-bond acceptors (Lipinski definition) is 5. The molecule has 0 spiro atoms. The van der Waals surface area contributed by atoms with Crippen molar-refractivity contribution in [2.45, 2.75) is 13.0 Å². The lowest BCUT2D eigenvalue weighted by molar-refractivity contribution is 0.293.